The lowest BCUT2D eigenvalue weighted by atomic mass is 9.93. The molecule has 4 aromatic carbocycles. The van der Waals surface area contributed by atoms with Crippen molar-refractivity contribution in [3.05, 3.63) is 83.9 Å². The molecule has 0 amide bonds. The van der Waals surface area contributed by atoms with Crippen molar-refractivity contribution >= 4 is 22.4 Å². The van der Waals surface area contributed by atoms with E-state index in [0.717, 1.165) is 10.6 Å². The molecule has 0 saturated heterocycles. The molecule has 0 N–H and O–H groups in total. The van der Waals surface area contributed by atoms with Crippen LogP contribution < -0.4 is 0 Å². The highest BCUT2D eigenvalue weighted by Crippen LogP contribution is 2.51. The van der Waals surface area contributed by atoms with Crippen molar-refractivity contribution in [2.45, 2.75) is 0 Å². The Balaban J connectivity index is 1.98. The van der Waals surface area contributed by atoms with Gasteiger partial charge in [-0.2, -0.15) is 0 Å². The van der Waals surface area contributed by atoms with Gasteiger partial charge in [0, 0.05) is 10.6 Å². The standard InChI is InChI=1S/C22H13Cl/c23-20-11-4-3-8-16(20)19-13-12-14-6-5-10-17-15-7-1-2-9-18(15)22(19)21(14)17/h1-13H. The third-order valence-electron chi connectivity index (χ3n) is 4.70. The number of hydrogen-bond donors (Lipinski definition) is 0. The fourth-order valence-corrected chi connectivity index (χ4v) is 3.96. The van der Waals surface area contributed by atoms with E-state index >= 15 is 0 Å². The van der Waals surface area contributed by atoms with Gasteiger partial charge >= 0.3 is 0 Å². The summed E-state index contributed by atoms with van der Waals surface area (Å²) in [4.78, 5) is 0. The second kappa shape index (κ2) is 4.71. The number of benzene rings is 4. The molecule has 1 aliphatic rings. The van der Waals surface area contributed by atoms with E-state index in [1.807, 2.05) is 18.2 Å². The highest BCUT2D eigenvalue weighted by Gasteiger charge is 2.24. The van der Waals surface area contributed by atoms with E-state index in [4.69, 9.17) is 11.6 Å². The number of rotatable bonds is 1. The van der Waals surface area contributed by atoms with Crippen LogP contribution >= 0.6 is 11.6 Å². The predicted molar refractivity (Wildman–Crippen MR) is 98.8 cm³/mol. The highest BCUT2D eigenvalue weighted by atomic mass is 35.5. The molecule has 5 rings (SSSR count). The van der Waals surface area contributed by atoms with E-state index in [1.54, 1.807) is 0 Å². The first kappa shape index (κ1) is 12.9. The molecule has 0 saturated carbocycles. The summed E-state index contributed by atoms with van der Waals surface area (Å²) in [5.41, 5.74) is 7.55. The van der Waals surface area contributed by atoms with E-state index in [0.29, 0.717) is 0 Å². The second-order valence-electron chi connectivity index (χ2n) is 5.92. The van der Waals surface area contributed by atoms with Gasteiger partial charge in [-0.3, -0.25) is 0 Å². The van der Waals surface area contributed by atoms with Crippen molar-refractivity contribution in [1.29, 1.82) is 0 Å². The first-order valence-corrected chi connectivity index (χ1v) is 8.13. The molecule has 1 heteroatoms. The van der Waals surface area contributed by atoms with Gasteiger partial charge in [-0.25, -0.2) is 0 Å². The van der Waals surface area contributed by atoms with Crippen molar-refractivity contribution in [3.8, 4) is 33.4 Å². The Morgan fingerprint density at radius 1 is 0.478 bits per heavy atom. The molecular formula is C22H13Cl. The fraction of sp³-hybridized carbons (Fsp3) is 0. The molecule has 0 atom stereocenters. The molecule has 108 valence electrons. The molecule has 23 heavy (non-hydrogen) atoms. The average Bonchev–Trinajstić information content (AvgIpc) is 2.93. The predicted octanol–water partition coefficient (Wildman–Crippen LogP) is 6.81. The van der Waals surface area contributed by atoms with Crippen LogP contribution in [0.5, 0.6) is 0 Å². The largest absolute Gasteiger partial charge is 0.0837 e. The van der Waals surface area contributed by atoms with Crippen LogP contribution in [-0.2, 0) is 0 Å². The van der Waals surface area contributed by atoms with Crippen LogP contribution in [0, 0.1) is 0 Å². The molecule has 1 aliphatic carbocycles. The van der Waals surface area contributed by atoms with E-state index in [2.05, 4.69) is 60.7 Å². The minimum absolute atomic E-state index is 0.796. The van der Waals surface area contributed by atoms with Crippen molar-refractivity contribution in [3.63, 3.8) is 0 Å². The first-order chi connectivity index (χ1) is 11.3. The van der Waals surface area contributed by atoms with E-state index in [1.165, 1.54) is 38.6 Å². The molecule has 0 fully saturated rings. The summed E-state index contributed by atoms with van der Waals surface area (Å²) in [6.45, 7) is 0. The Morgan fingerprint density at radius 2 is 1.17 bits per heavy atom. The maximum absolute atomic E-state index is 6.48. The Hall–Kier alpha value is -2.57. The quantitative estimate of drug-likeness (QED) is 0.319. The van der Waals surface area contributed by atoms with Crippen LogP contribution in [0.15, 0.2) is 78.9 Å². The normalized spacial score (nSPS) is 11.7. The smallest absolute Gasteiger partial charge is 0.0484 e. The van der Waals surface area contributed by atoms with Gasteiger partial charge in [0.1, 0.15) is 0 Å². The van der Waals surface area contributed by atoms with Gasteiger partial charge in [0.05, 0.1) is 0 Å². The van der Waals surface area contributed by atoms with E-state index < -0.39 is 0 Å². The monoisotopic (exact) mass is 312 g/mol. The minimum atomic E-state index is 0.796. The van der Waals surface area contributed by atoms with Crippen molar-refractivity contribution < 1.29 is 0 Å². The van der Waals surface area contributed by atoms with E-state index in [-0.39, 0.29) is 0 Å². The third kappa shape index (κ3) is 1.73. The minimum Gasteiger partial charge on any atom is -0.0837 e. The molecule has 4 aromatic rings. The summed E-state index contributed by atoms with van der Waals surface area (Å²) >= 11 is 6.48. The Morgan fingerprint density at radius 3 is 2.00 bits per heavy atom. The zero-order valence-corrected chi connectivity index (χ0v) is 13.1. The van der Waals surface area contributed by atoms with Gasteiger partial charge in [-0.05, 0) is 44.7 Å². The zero-order valence-electron chi connectivity index (χ0n) is 12.4. The summed E-state index contributed by atoms with van der Waals surface area (Å²) in [5.74, 6) is 0. The first-order valence-electron chi connectivity index (χ1n) is 7.75. The van der Waals surface area contributed by atoms with Crippen LogP contribution in [0.4, 0.5) is 0 Å². The lowest BCUT2D eigenvalue weighted by molar-refractivity contribution is 1.64. The summed E-state index contributed by atoms with van der Waals surface area (Å²) in [6.07, 6.45) is 0. The maximum atomic E-state index is 6.48. The van der Waals surface area contributed by atoms with Gasteiger partial charge in [0.2, 0.25) is 0 Å². The molecule has 0 radical (unpaired) electrons. The van der Waals surface area contributed by atoms with Crippen molar-refractivity contribution in [2.75, 3.05) is 0 Å². The number of fused-ring (bicyclic) bond motifs is 3. The lowest BCUT2D eigenvalue weighted by Crippen LogP contribution is -1.85. The highest BCUT2D eigenvalue weighted by molar-refractivity contribution is 6.34. The Kier molecular flexibility index (Phi) is 2.65. The zero-order chi connectivity index (χ0) is 15.4. The van der Waals surface area contributed by atoms with Crippen LogP contribution in [0.25, 0.3) is 44.2 Å². The topological polar surface area (TPSA) is 0 Å². The van der Waals surface area contributed by atoms with Crippen LogP contribution in [-0.4, -0.2) is 0 Å². The van der Waals surface area contributed by atoms with Crippen molar-refractivity contribution in [1.82, 2.24) is 0 Å². The summed E-state index contributed by atoms with van der Waals surface area (Å²) in [5, 5.41) is 3.42. The van der Waals surface area contributed by atoms with Crippen LogP contribution in [0.3, 0.4) is 0 Å². The van der Waals surface area contributed by atoms with Gasteiger partial charge in [-0.1, -0.05) is 84.4 Å². The van der Waals surface area contributed by atoms with Gasteiger partial charge in [0.15, 0.2) is 0 Å². The summed E-state index contributed by atoms with van der Waals surface area (Å²) < 4.78 is 0. The molecule has 0 aliphatic heterocycles. The molecule has 0 heterocycles. The number of hydrogen-bond acceptors (Lipinski definition) is 0. The van der Waals surface area contributed by atoms with Crippen LogP contribution in [0.1, 0.15) is 0 Å². The molecule has 0 spiro atoms. The van der Waals surface area contributed by atoms with Gasteiger partial charge < -0.3 is 0 Å². The molecule has 0 unspecified atom stereocenters. The summed E-state index contributed by atoms with van der Waals surface area (Å²) in [7, 11) is 0. The number of halogens is 1. The maximum Gasteiger partial charge on any atom is 0.0484 e. The second-order valence-corrected chi connectivity index (χ2v) is 6.32. The summed E-state index contributed by atoms with van der Waals surface area (Å²) in [6, 6.07) is 27.7. The van der Waals surface area contributed by atoms with Gasteiger partial charge in [-0.15, -0.1) is 0 Å². The molecule has 0 aromatic heterocycles. The molecule has 0 bridgehead atoms. The Bertz CT molecular complexity index is 1080. The Labute approximate surface area is 140 Å². The fourth-order valence-electron chi connectivity index (χ4n) is 3.72. The average molecular weight is 313 g/mol. The SMILES string of the molecule is Clc1ccccc1-c1ccc2cccc3c2c1-c1ccccc1-3. The lowest BCUT2D eigenvalue weighted by Gasteiger charge is -2.12. The molecular weight excluding hydrogens is 300 g/mol. The molecule has 0 nitrogen and oxygen atoms in total. The third-order valence-corrected chi connectivity index (χ3v) is 5.03. The van der Waals surface area contributed by atoms with Gasteiger partial charge in [0.25, 0.3) is 0 Å². The van der Waals surface area contributed by atoms with Crippen LogP contribution in [0.2, 0.25) is 5.02 Å². The van der Waals surface area contributed by atoms with Crippen molar-refractivity contribution in [2.24, 2.45) is 0 Å². The van der Waals surface area contributed by atoms with E-state index in [9.17, 15) is 0 Å².